The van der Waals surface area contributed by atoms with Gasteiger partial charge in [-0.25, -0.2) is 0 Å². The van der Waals surface area contributed by atoms with Crippen molar-refractivity contribution < 1.29 is 9.53 Å². The number of carbonyl (C=O) groups excluding carboxylic acids is 1. The molecule has 0 amide bonds. The Kier molecular flexibility index (Phi) is 3.09. The van der Waals surface area contributed by atoms with Crippen molar-refractivity contribution in [2.45, 2.75) is 0 Å². The number of methoxy groups -OCH3 is 1. The lowest BCUT2D eigenvalue weighted by atomic mass is 10.1. The van der Waals surface area contributed by atoms with E-state index in [2.05, 4.69) is 15.2 Å². The molecule has 5 nitrogen and oxygen atoms in total. The molecule has 0 fully saturated rings. The number of benzene rings is 1. The van der Waals surface area contributed by atoms with Gasteiger partial charge in [0.25, 0.3) is 0 Å². The van der Waals surface area contributed by atoms with Crippen LogP contribution < -0.4 is 4.74 Å². The lowest BCUT2D eigenvalue weighted by molar-refractivity contribution is 0.103. The molecule has 98 valence electrons. The SMILES string of the molecule is COc1ccc(C(=O)c2ccc3ncccc3c2)nn1. The number of carbonyl (C=O) groups is 1. The predicted molar refractivity (Wildman–Crippen MR) is 73.8 cm³/mol. The molecule has 0 atom stereocenters. The Morgan fingerprint density at radius 3 is 2.75 bits per heavy atom. The average Bonchev–Trinajstić information content (AvgIpc) is 2.54. The molecule has 0 unspecified atom stereocenters. The van der Waals surface area contributed by atoms with Crippen LogP contribution in [0.3, 0.4) is 0 Å². The van der Waals surface area contributed by atoms with Gasteiger partial charge in [0.05, 0.1) is 12.6 Å². The molecule has 0 bridgehead atoms. The molecule has 1 aromatic carbocycles. The fourth-order valence-corrected chi connectivity index (χ4v) is 1.91. The van der Waals surface area contributed by atoms with Crippen LogP contribution in [0.25, 0.3) is 10.9 Å². The van der Waals surface area contributed by atoms with Crippen LogP contribution in [0.15, 0.2) is 48.7 Å². The Morgan fingerprint density at radius 1 is 1.10 bits per heavy atom. The third-order valence-corrected chi connectivity index (χ3v) is 2.95. The first-order valence-electron chi connectivity index (χ1n) is 6.05. The van der Waals surface area contributed by atoms with Gasteiger partial charge in [0, 0.05) is 23.2 Å². The molecule has 2 heterocycles. The summed E-state index contributed by atoms with van der Waals surface area (Å²) in [6.45, 7) is 0. The maximum Gasteiger partial charge on any atom is 0.233 e. The predicted octanol–water partition coefficient (Wildman–Crippen LogP) is 2.26. The normalized spacial score (nSPS) is 10.4. The summed E-state index contributed by atoms with van der Waals surface area (Å²) < 4.78 is 4.92. The summed E-state index contributed by atoms with van der Waals surface area (Å²) in [7, 11) is 1.50. The lowest BCUT2D eigenvalue weighted by Gasteiger charge is -2.03. The maximum absolute atomic E-state index is 12.3. The highest BCUT2D eigenvalue weighted by Crippen LogP contribution is 2.16. The number of ether oxygens (including phenoxy) is 1. The Balaban J connectivity index is 1.98. The number of pyridine rings is 1. The third kappa shape index (κ3) is 2.21. The molecule has 0 saturated carbocycles. The molecule has 0 saturated heterocycles. The second-order valence-electron chi connectivity index (χ2n) is 4.20. The first kappa shape index (κ1) is 12.2. The van der Waals surface area contributed by atoms with Gasteiger partial charge >= 0.3 is 0 Å². The van der Waals surface area contributed by atoms with Crippen molar-refractivity contribution in [2.24, 2.45) is 0 Å². The highest BCUT2D eigenvalue weighted by Gasteiger charge is 2.12. The Hall–Kier alpha value is -2.82. The second kappa shape index (κ2) is 5.05. The van der Waals surface area contributed by atoms with E-state index >= 15 is 0 Å². The van der Waals surface area contributed by atoms with Gasteiger partial charge in [-0.05, 0) is 30.3 Å². The summed E-state index contributed by atoms with van der Waals surface area (Å²) in [5.74, 6) is 0.204. The molecule has 0 aliphatic carbocycles. The Labute approximate surface area is 115 Å². The van der Waals surface area contributed by atoms with Crippen molar-refractivity contribution in [1.29, 1.82) is 0 Å². The molecule has 0 spiro atoms. The number of nitrogens with zero attached hydrogens (tertiary/aromatic N) is 3. The van der Waals surface area contributed by atoms with Gasteiger partial charge in [-0.15, -0.1) is 10.2 Å². The minimum atomic E-state index is -0.175. The fraction of sp³-hybridized carbons (Fsp3) is 0.0667. The van der Waals surface area contributed by atoms with E-state index in [1.54, 1.807) is 30.5 Å². The molecule has 0 aliphatic rings. The first-order chi connectivity index (χ1) is 9.78. The van der Waals surface area contributed by atoms with Gasteiger partial charge in [0.1, 0.15) is 5.69 Å². The summed E-state index contributed by atoms with van der Waals surface area (Å²) in [5, 5.41) is 8.58. The van der Waals surface area contributed by atoms with Gasteiger partial charge < -0.3 is 4.74 Å². The van der Waals surface area contributed by atoms with Crippen LogP contribution in [0, 0.1) is 0 Å². The van der Waals surface area contributed by atoms with E-state index in [-0.39, 0.29) is 11.5 Å². The smallest absolute Gasteiger partial charge is 0.233 e. The zero-order valence-electron chi connectivity index (χ0n) is 10.8. The van der Waals surface area contributed by atoms with Crippen molar-refractivity contribution in [3.63, 3.8) is 0 Å². The minimum absolute atomic E-state index is 0.175. The molecule has 20 heavy (non-hydrogen) atoms. The number of rotatable bonds is 3. The van der Waals surface area contributed by atoms with Gasteiger partial charge in [-0.2, -0.15) is 0 Å². The van der Waals surface area contributed by atoms with Gasteiger partial charge in [-0.3, -0.25) is 9.78 Å². The number of fused-ring (bicyclic) bond motifs is 1. The second-order valence-corrected chi connectivity index (χ2v) is 4.20. The molecule has 2 aromatic heterocycles. The van der Waals surface area contributed by atoms with Crippen molar-refractivity contribution in [3.8, 4) is 5.88 Å². The van der Waals surface area contributed by atoms with Crippen LogP contribution in [0.4, 0.5) is 0 Å². The zero-order chi connectivity index (χ0) is 13.9. The van der Waals surface area contributed by atoms with Crippen LogP contribution in [0.2, 0.25) is 0 Å². The molecular weight excluding hydrogens is 254 g/mol. The molecular formula is C15H11N3O2. The van der Waals surface area contributed by atoms with Gasteiger partial charge in [0.2, 0.25) is 11.7 Å². The van der Waals surface area contributed by atoms with E-state index in [4.69, 9.17) is 4.74 Å². The monoisotopic (exact) mass is 265 g/mol. The van der Waals surface area contributed by atoms with E-state index in [0.29, 0.717) is 11.4 Å². The molecule has 0 aliphatic heterocycles. The number of hydrogen-bond acceptors (Lipinski definition) is 5. The topological polar surface area (TPSA) is 65.0 Å². The number of ketones is 1. The van der Waals surface area contributed by atoms with E-state index in [1.807, 2.05) is 18.2 Å². The molecule has 5 heteroatoms. The van der Waals surface area contributed by atoms with E-state index in [0.717, 1.165) is 10.9 Å². The van der Waals surface area contributed by atoms with E-state index in [1.165, 1.54) is 7.11 Å². The quantitative estimate of drug-likeness (QED) is 0.680. The fourth-order valence-electron chi connectivity index (χ4n) is 1.91. The highest BCUT2D eigenvalue weighted by molar-refractivity contribution is 6.09. The number of aromatic nitrogens is 3. The molecule has 0 N–H and O–H groups in total. The van der Waals surface area contributed by atoms with Crippen molar-refractivity contribution in [3.05, 3.63) is 59.9 Å². The van der Waals surface area contributed by atoms with Crippen LogP contribution in [0.5, 0.6) is 5.88 Å². The first-order valence-corrected chi connectivity index (χ1v) is 6.05. The summed E-state index contributed by atoms with van der Waals surface area (Å²) in [4.78, 5) is 16.5. The van der Waals surface area contributed by atoms with Gasteiger partial charge in [-0.1, -0.05) is 6.07 Å². The maximum atomic E-state index is 12.3. The highest BCUT2D eigenvalue weighted by atomic mass is 16.5. The van der Waals surface area contributed by atoms with Crippen LogP contribution in [-0.2, 0) is 0 Å². The summed E-state index contributed by atoms with van der Waals surface area (Å²) in [6.07, 6.45) is 1.72. The molecule has 0 radical (unpaired) electrons. The zero-order valence-corrected chi connectivity index (χ0v) is 10.8. The molecule has 3 aromatic rings. The van der Waals surface area contributed by atoms with Crippen molar-refractivity contribution in [1.82, 2.24) is 15.2 Å². The summed E-state index contributed by atoms with van der Waals surface area (Å²) in [6, 6.07) is 12.3. The number of hydrogen-bond donors (Lipinski definition) is 0. The van der Waals surface area contributed by atoms with Crippen LogP contribution in [-0.4, -0.2) is 28.1 Å². The standard InChI is InChI=1S/C15H11N3O2/c1-20-14-7-6-13(17-18-14)15(19)11-4-5-12-10(9-11)3-2-8-16-12/h2-9H,1H3. The Morgan fingerprint density at radius 2 is 2.00 bits per heavy atom. The minimum Gasteiger partial charge on any atom is -0.480 e. The van der Waals surface area contributed by atoms with Crippen molar-refractivity contribution >= 4 is 16.7 Å². The van der Waals surface area contributed by atoms with Crippen LogP contribution >= 0.6 is 0 Å². The van der Waals surface area contributed by atoms with E-state index in [9.17, 15) is 4.79 Å². The summed E-state index contributed by atoms with van der Waals surface area (Å²) in [5.41, 5.74) is 1.70. The average molecular weight is 265 g/mol. The largest absolute Gasteiger partial charge is 0.480 e. The Bertz CT molecular complexity index is 769. The van der Waals surface area contributed by atoms with Crippen molar-refractivity contribution in [2.75, 3.05) is 7.11 Å². The summed E-state index contributed by atoms with van der Waals surface area (Å²) >= 11 is 0. The lowest BCUT2D eigenvalue weighted by Crippen LogP contribution is -2.05. The van der Waals surface area contributed by atoms with Crippen LogP contribution in [0.1, 0.15) is 16.1 Å². The molecule has 3 rings (SSSR count). The van der Waals surface area contributed by atoms with E-state index < -0.39 is 0 Å². The third-order valence-electron chi connectivity index (χ3n) is 2.95. The van der Waals surface area contributed by atoms with Gasteiger partial charge in [0.15, 0.2) is 0 Å².